The first-order valence-corrected chi connectivity index (χ1v) is 12.5. The van der Waals surface area contributed by atoms with Crippen LogP contribution in [0.1, 0.15) is 25.8 Å². The number of hydrogen-bond acceptors (Lipinski definition) is 5. The third-order valence-electron chi connectivity index (χ3n) is 7.40. The maximum Gasteiger partial charge on any atom is 0.179 e. The number of anilines is 1. The predicted molar refractivity (Wildman–Crippen MR) is 139 cm³/mol. The van der Waals surface area contributed by atoms with Gasteiger partial charge in [0.15, 0.2) is 5.82 Å². The van der Waals surface area contributed by atoms with Crippen LogP contribution >= 0.6 is 0 Å². The summed E-state index contributed by atoms with van der Waals surface area (Å²) in [6.07, 6.45) is 4.84. The van der Waals surface area contributed by atoms with E-state index in [1.54, 1.807) is 6.33 Å². The number of aliphatic hydroxyl groups is 1. The van der Waals surface area contributed by atoms with Crippen molar-refractivity contribution < 1.29 is 9.50 Å². The van der Waals surface area contributed by atoms with E-state index in [2.05, 4.69) is 55.3 Å². The summed E-state index contributed by atoms with van der Waals surface area (Å²) < 4.78 is 17.6. The van der Waals surface area contributed by atoms with E-state index in [-0.39, 0.29) is 18.0 Å². The molecule has 0 bridgehead atoms. The summed E-state index contributed by atoms with van der Waals surface area (Å²) in [4.78, 5) is 7.02. The van der Waals surface area contributed by atoms with Gasteiger partial charge in [-0.2, -0.15) is 5.10 Å². The number of rotatable bonds is 6. The van der Waals surface area contributed by atoms with Crippen molar-refractivity contribution in [1.82, 2.24) is 24.6 Å². The van der Waals surface area contributed by atoms with Gasteiger partial charge in [0, 0.05) is 49.2 Å². The minimum absolute atomic E-state index is 0.128. The van der Waals surface area contributed by atoms with E-state index in [9.17, 15) is 9.50 Å². The van der Waals surface area contributed by atoms with Crippen LogP contribution in [0.4, 0.5) is 10.1 Å². The Kier molecular flexibility index (Phi) is 5.65. The van der Waals surface area contributed by atoms with Crippen molar-refractivity contribution in [3.63, 3.8) is 0 Å². The summed E-state index contributed by atoms with van der Waals surface area (Å²) in [5.41, 5.74) is 6.17. The second-order valence-electron chi connectivity index (χ2n) is 10.6. The Morgan fingerprint density at radius 2 is 1.94 bits per heavy atom. The molecule has 4 aromatic rings. The monoisotopic (exact) mass is 486 g/mol. The van der Waals surface area contributed by atoms with E-state index in [1.165, 1.54) is 23.4 Å². The fraction of sp³-hybridized carbons (Fsp3) is 0.357. The van der Waals surface area contributed by atoms with Crippen LogP contribution in [0.25, 0.3) is 28.3 Å². The lowest BCUT2D eigenvalue weighted by molar-refractivity contribution is 0.184. The summed E-state index contributed by atoms with van der Waals surface area (Å²) in [5, 5.41) is 17.6. The van der Waals surface area contributed by atoms with Crippen LogP contribution in [0.3, 0.4) is 0 Å². The number of benzene rings is 2. The second-order valence-corrected chi connectivity index (χ2v) is 10.6. The first kappa shape index (κ1) is 22.9. The molecular formula is C28H31FN6O. The Hall–Kier alpha value is -3.49. The molecule has 186 valence electrons. The summed E-state index contributed by atoms with van der Waals surface area (Å²) in [5.74, 6) is 1.11. The summed E-state index contributed by atoms with van der Waals surface area (Å²) in [7, 11) is 0. The number of fused-ring (bicyclic) bond motifs is 5. The zero-order chi connectivity index (χ0) is 24.9. The molecule has 1 fully saturated rings. The minimum atomic E-state index is -0.256. The van der Waals surface area contributed by atoms with Crippen molar-refractivity contribution in [3.8, 4) is 28.3 Å². The first-order valence-electron chi connectivity index (χ1n) is 12.5. The van der Waals surface area contributed by atoms with Gasteiger partial charge in [-0.25, -0.2) is 14.1 Å². The van der Waals surface area contributed by atoms with Crippen LogP contribution in [-0.4, -0.2) is 56.2 Å². The van der Waals surface area contributed by atoms with Gasteiger partial charge in [-0.05, 0) is 73.7 Å². The van der Waals surface area contributed by atoms with Crippen molar-refractivity contribution in [3.05, 3.63) is 72.4 Å². The summed E-state index contributed by atoms with van der Waals surface area (Å²) in [6, 6.07) is 15.3. The number of nitrogens with zero attached hydrogens (tertiary/aromatic N) is 5. The highest BCUT2D eigenvalue weighted by molar-refractivity contribution is 5.71. The third-order valence-corrected chi connectivity index (χ3v) is 7.40. The fourth-order valence-electron chi connectivity index (χ4n) is 5.22. The van der Waals surface area contributed by atoms with Crippen molar-refractivity contribution in [2.75, 3.05) is 31.1 Å². The Balaban J connectivity index is 1.28. The SMILES string of the molecule is CC(C)(CO)NC[C@@H]1CCN(c2ccc3c(c2)Cn2cc(-c4ccc(F)cc4)cc2-c2ncnn2-3)C1. The predicted octanol–water partition coefficient (Wildman–Crippen LogP) is 4.09. The molecule has 2 aliphatic rings. The minimum Gasteiger partial charge on any atom is -0.394 e. The molecule has 0 amide bonds. The van der Waals surface area contributed by atoms with Gasteiger partial charge in [0.1, 0.15) is 12.1 Å². The van der Waals surface area contributed by atoms with Crippen LogP contribution < -0.4 is 10.2 Å². The van der Waals surface area contributed by atoms with Crippen LogP contribution in [-0.2, 0) is 6.54 Å². The van der Waals surface area contributed by atoms with Crippen molar-refractivity contribution in [2.45, 2.75) is 32.4 Å². The molecule has 0 unspecified atom stereocenters. The zero-order valence-electron chi connectivity index (χ0n) is 20.7. The molecule has 36 heavy (non-hydrogen) atoms. The lowest BCUT2D eigenvalue weighted by Crippen LogP contribution is -2.45. The van der Waals surface area contributed by atoms with Gasteiger partial charge < -0.3 is 19.9 Å². The fourth-order valence-corrected chi connectivity index (χ4v) is 5.22. The van der Waals surface area contributed by atoms with E-state index >= 15 is 0 Å². The normalized spacial score (nSPS) is 17.0. The number of aliphatic hydroxyl groups excluding tert-OH is 1. The van der Waals surface area contributed by atoms with Gasteiger partial charge in [0.05, 0.1) is 18.0 Å². The quantitative estimate of drug-likeness (QED) is 0.378. The molecule has 4 heterocycles. The summed E-state index contributed by atoms with van der Waals surface area (Å²) >= 11 is 0. The molecule has 0 saturated carbocycles. The van der Waals surface area contributed by atoms with E-state index in [1.807, 2.05) is 30.7 Å². The molecule has 2 aliphatic heterocycles. The number of hydrogen-bond donors (Lipinski definition) is 2. The molecule has 6 rings (SSSR count). The summed E-state index contributed by atoms with van der Waals surface area (Å²) in [6.45, 7) is 7.80. The molecule has 1 saturated heterocycles. The second kappa shape index (κ2) is 8.87. The average Bonchev–Trinajstić information content (AvgIpc) is 3.62. The third kappa shape index (κ3) is 4.20. The Bertz CT molecular complexity index is 1390. The van der Waals surface area contributed by atoms with Gasteiger partial charge in [-0.15, -0.1) is 0 Å². The molecule has 1 atom stereocenters. The highest BCUT2D eigenvalue weighted by atomic mass is 19.1. The van der Waals surface area contributed by atoms with Crippen LogP contribution in [0.5, 0.6) is 0 Å². The molecule has 2 N–H and O–H groups in total. The maximum atomic E-state index is 13.5. The smallest absolute Gasteiger partial charge is 0.179 e. The van der Waals surface area contributed by atoms with Gasteiger partial charge >= 0.3 is 0 Å². The van der Waals surface area contributed by atoms with Crippen molar-refractivity contribution >= 4 is 5.69 Å². The number of aromatic nitrogens is 4. The number of nitrogens with one attached hydrogen (secondary N) is 1. The Labute approximate surface area is 210 Å². The first-order chi connectivity index (χ1) is 17.4. The molecule has 0 radical (unpaired) electrons. The molecular weight excluding hydrogens is 455 g/mol. The molecule has 2 aromatic heterocycles. The lowest BCUT2D eigenvalue weighted by atomic mass is 10.0. The van der Waals surface area contributed by atoms with Gasteiger partial charge in [-0.3, -0.25) is 0 Å². The lowest BCUT2D eigenvalue weighted by Gasteiger charge is -2.26. The average molecular weight is 487 g/mol. The molecule has 8 heteroatoms. The van der Waals surface area contributed by atoms with Crippen LogP contribution in [0.15, 0.2) is 61.1 Å². The van der Waals surface area contributed by atoms with E-state index in [0.29, 0.717) is 12.5 Å². The van der Waals surface area contributed by atoms with Crippen molar-refractivity contribution in [2.24, 2.45) is 5.92 Å². The van der Waals surface area contributed by atoms with E-state index < -0.39 is 0 Å². The number of halogens is 1. The topological polar surface area (TPSA) is 71.1 Å². The highest BCUT2D eigenvalue weighted by Crippen LogP contribution is 2.35. The molecule has 7 nitrogen and oxygen atoms in total. The van der Waals surface area contributed by atoms with Gasteiger partial charge in [0.25, 0.3) is 0 Å². The zero-order valence-corrected chi connectivity index (χ0v) is 20.7. The molecule has 2 aromatic carbocycles. The van der Waals surface area contributed by atoms with Crippen LogP contribution in [0, 0.1) is 11.7 Å². The Morgan fingerprint density at radius 3 is 2.75 bits per heavy atom. The van der Waals surface area contributed by atoms with Crippen LogP contribution in [0.2, 0.25) is 0 Å². The standard InChI is InChI=1S/C28H31FN6O/c1-28(2,17-36)31-13-19-9-10-33(14-19)24-7-8-25-22(11-24)16-34-15-21(20-3-5-23(29)6-4-20)12-26(34)27-30-18-32-35(25)27/h3-8,11-12,15,18-19,31,36H,9-10,13-14,16-17H2,1-2H3/t19-/m0/s1. The van der Waals surface area contributed by atoms with E-state index in [0.717, 1.165) is 54.4 Å². The highest BCUT2D eigenvalue weighted by Gasteiger charge is 2.27. The molecule has 0 aliphatic carbocycles. The largest absolute Gasteiger partial charge is 0.394 e. The van der Waals surface area contributed by atoms with Crippen molar-refractivity contribution in [1.29, 1.82) is 0 Å². The Morgan fingerprint density at radius 1 is 1.11 bits per heavy atom. The van der Waals surface area contributed by atoms with E-state index in [4.69, 9.17) is 0 Å². The molecule has 0 spiro atoms. The van der Waals surface area contributed by atoms with Gasteiger partial charge in [-0.1, -0.05) is 12.1 Å². The van der Waals surface area contributed by atoms with Gasteiger partial charge in [0.2, 0.25) is 0 Å². The maximum absolute atomic E-state index is 13.5.